The third kappa shape index (κ3) is 22.8. The molecular weight excluding hydrogens is 1180 g/mol. The van der Waals surface area contributed by atoms with Crippen molar-refractivity contribution in [3.63, 3.8) is 0 Å². The third-order valence-electron chi connectivity index (χ3n) is 13.6. The van der Waals surface area contributed by atoms with Crippen molar-refractivity contribution in [2.45, 2.75) is 28.8 Å². The summed E-state index contributed by atoms with van der Waals surface area (Å²) < 4.78 is 75.6. The van der Waals surface area contributed by atoms with Gasteiger partial charge in [-0.2, -0.15) is 4.72 Å². The van der Waals surface area contributed by atoms with Crippen molar-refractivity contribution in [1.82, 2.24) is 54.2 Å². The second kappa shape index (κ2) is 34.0. The van der Waals surface area contributed by atoms with E-state index in [-0.39, 0.29) is 145 Å². The van der Waals surface area contributed by atoms with Crippen LogP contribution in [0.15, 0.2) is 99.9 Å². The molecule has 0 spiro atoms. The number of carbonyl (C=O) groups is 6. The summed E-state index contributed by atoms with van der Waals surface area (Å²) in [6.45, 7) is 2.81. The number of ether oxygens (including phenoxy) is 3. The van der Waals surface area contributed by atoms with Crippen molar-refractivity contribution in [3.8, 4) is 11.1 Å². The smallest absolute Gasteiger partial charge is 0.323 e. The predicted molar refractivity (Wildman–Crippen MR) is 315 cm³/mol. The van der Waals surface area contributed by atoms with Gasteiger partial charge in [0, 0.05) is 116 Å². The highest BCUT2D eigenvalue weighted by atomic mass is 32.2. The lowest BCUT2D eigenvalue weighted by Crippen LogP contribution is -2.50. The Balaban J connectivity index is 0.838. The molecule has 32 heteroatoms. The number of rotatable bonds is 34. The molecule has 0 aliphatic carbocycles. The molecule has 0 saturated carbocycles. The number of sulfonamides is 2. The van der Waals surface area contributed by atoms with Crippen LogP contribution in [0.3, 0.4) is 0 Å². The average molecular weight is 1260 g/mol. The maximum atomic E-state index is 13.4. The van der Waals surface area contributed by atoms with Gasteiger partial charge in [0.2, 0.25) is 31.4 Å². The summed E-state index contributed by atoms with van der Waals surface area (Å²) in [7, 11) is -6.71. The number of nitrogens with one attached hydrogen (secondary N) is 6. The zero-order chi connectivity index (χ0) is 62.9. The van der Waals surface area contributed by atoms with E-state index in [1.807, 2.05) is 4.90 Å². The second-order valence-corrected chi connectivity index (χ2v) is 23.6. The maximum absolute atomic E-state index is 13.4. The van der Waals surface area contributed by atoms with Gasteiger partial charge in [0.25, 0.3) is 5.91 Å². The molecule has 3 aromatic carbocycles. The SMILES string of the molecule is Cn1cc(C(=O)NC[C@H](NS(=O)(=O)c2ccc(-c3ccc(S(=O)(=O)NCCCOCCOCCOCCNC(=O)CN4CCN(CC(=O)O)CCN(CC(=O)O)CCN(CC(=O)O)CC4)cc3)cc2)C(=O)O)c(=O)c2ccc(CNc3ncc[nH]3)cc21. The fourth-order valence-electron chi connectivity index (χ4n) is 9.04. The minimum atomic E-state index is -4.45. The Morgan fingerprint density at radius 2 is 1.14 bits per heavy atom. The number of carbonyl (C=O) groups excluding carboxylic acids is 2. The van der Waals surface area contributed by atoms with Crippen LogP contribution in [-0.2, 0) is 71.8 Å². The largest absolute Gasteiger partial charge is 0.480 e. The molecule has 5 aromatic rings. The topological polar surface area (TPSA) is 403 Å². The lowest BCUT2D eigenvalue weighted by Gasteiger charge is -2.32. The van der Waals surface area contributed by atoms with Gasteiger partial charge in [-0.25, -0.2) is 26.5 Å². The number of anilines is 1. The molecule has 10 N–H and O–H groups in total. The molecule has 2 amide bonds. The number of imidazole rings is 1. The van der Waals surface area contributed by atoms with E-state index in [4.69, 9.17) is 14.2 Å². The number of pyridine rings is 1. The summed E-state index contributed by atoms with van der Waals surface area (Å²) in [6, 6.07) is 14.6. The first-order chi connectivity index (χ1) is 41.6. The number of carboxylic acids is 4. The molecule has 1 atom stereocenters. The zero-order valence-electron chi connectivity index (χ0n) is 47.9. The Hall–Kier alpha value is -7.76. The van der Waals surface area contributed by atoms with Crippen LogP contribution >= 0.6 is 0 Å². The molecule has 0 unspecified atom stereocenters. The number of hydrogen-bond donors (Lipinski definition) is 10. The number of aliphatic carboxylic acids is 4. The van der Waals surface area contributed by atoms with Gasteiger partial charge in [-0.15, -0.1) is 0 Å². The first-order valence-electron chi connectivity index (χ1n) is 27.7. The molecule has 0 radical (unpaired) electrons. The van der Waals surface area contributed by atoms with Crippen LogP contribution in [0.2, 0.25) is 0 Å². The quantitative estimate of drug-likeness (QED) is 0.0221. The standard InChI is InChI=1S/C55H74N12O18S2/c1-63-34-45(52(75)44-12-3-39(31-47(44)63)32-60-55-57-14-15-58-55)53(76)59-33-46(54(77)78)62-87(81,82)43-10-6-41(7-11-43)40-4-8-42(9-5-40)86(79,80)61-13-2-25-83-27-29-85-30-28-84-26-16-56-48(68)35-64-17-19-65(36-49(69)70)21-23-67(38-51(73)74)24-22-66(20-18-64)37-50(71)72/h3-12,14-15,31,34,46,61-62H,2,13,16-30,32-33,35-38H2,1H3,(H,56,68)(H,59,76)(H,69,70)(H,71,72)(H,73,74)(H,77,78)(H2,57,58,60)/t46-/m0/s1. The van der Waals surface area contributed by atoms with Gasteiger partial charge in [-0.3, -0.25) is 53.2 Å². The molecule has 1 saturated heterocycles. The van der Waals surface area contributed by atoms with Crippen LogP contribution in [-0.4, -0.2) is 251 Å². The van der Waals surface area contributed by atoms with Crippen molar-refractivity contribution in [2.75, 3.05) is 143 Å². The second-order valence-electron chi connectivity index (χ2n) is 20.1. The lowest BCUT2D eigenvalue weighted by atomic mass is 10.1. The number of benzene rings is 3. The number of hydrogen-bond acceptors (Lipinski definition) is 20. The normalized spacial score (nSPS) is 14.8. The number of carboxylic acid groups (broad SMARTS) is 4. The summed E-state index contributed by atoms with van der Waals surface area (Å²) in [5.74, 6) is -5.36. The first-order valence-corrected chi connectivity index (χ1v) is 30.7. The third-order valence-corrected chi connectivity index (χ3v) is 16.6. The van der Waals surface area contributed by atoms with Crippen LogP contribution in [0.5, 0.6) is 0 Å². The van der Waals surface area contributed by atoms with Crippen LogP contribution in [0.1, 0.15) is 22.3 Å². The Morgan fingerprint density at radius 1 is 0.632 bits per heavy atom. The molecule has 1 fully saturated rings. The van der Waals surface area contributed by atoms with E-state index in [9.17, 15) is 70.8 Å². The molecule has 2 aromatic heterocycles. The number of aromatic nitrogens is 3. The Morgan fingerprint density at radius 3 is 1.64 bits per heavy atom. The van der Waals surface area contributed by atoms with E-state index in [2.05, 4.69) is 35.4 Å². The molecule has 30 nitrogen and oxygen atoms in total. The summed E-state index contributed by atoms with van der Waals surface area (Å²) >= 11 is 0. The lowest BCUT2D eigenvalue weighted by molar-refractivity contribution is -0.140. The van der Waals surface area contributed by atoms with Gasteiger partial charge in [0.05, 0.1) is 74.5 Å². The van der Waals surface area contributed by atoms with Gasteiger partial charge < -0.3 is 60.1 Å². The number of nitrogens with zero attached hydrogens (tertiary/aromatic N) is 6. The van der Waals surface area contributed by atoms with E-state index in [0.717, 1.165) is 5.56 Å². The van der Waals surface area contributed by atoms with E-state index in [1.165, 1.54) is 42.6 Å². The Bertz CT molecular complexity index is 3360. The van der Waals surface area contributed by atoms with Crippen molar-refractivity contribution in [2.24, 2.45) is 7.05 Å². The van der Waals surface area contributed by atoms with E-state index in [0.29, 0.717) is 48.6 Å². The molecule has 1 aliphatic rings. The van der Waals surface area contributed by atoms with Gasteiger partial charge in [-0.05, 0) is 59.5 Å². The highest BCUT2D eigenvalue weighted by Crippen LogP contribution is 2.24. The first kappa shape index (κ1) is 68.4. The van der Waals surface area contributed by atoms with E-state index >= 15 is 0 Å². The van der Waals surface area contributed by atoms with Gasteiger partial charge in [-0.1, -0.05) is 30.3 Å². The van der Waals surface area contributed by atoms with Gasteiger partial charge in [0.1, 0.15) is 11.6 Å². The molecule has 0 bridgehead atoms. The Labute approximate surface area is 501 Å². The maximum Gasteiger partial charge on any atom is 0.323 e. The molecule has 3 heterocycles. The molecule has 474 valence electrons. The number of H-pyrrole nitrogens is 1. The molecule has 6 rings (SSSR count). The number of fused-ring (bicyclic) bond motifs is 1. The summed E-state index contributed by atoms with van der Waals surface area (Å²) in [5, 5.41) is 46.6. The highest BCUT2D eigenvalue weighted by Gasteiger charge is 2.28. The fraction of sp³-hybridized carbons (Fsp3) is 0.455. The zero-order valence-corrected chi connectivity index (χ0v) is 49.6. The minimum Gasteiger partial charge on any atom is -0.480 e. The van der Waals surface area contributed by atoms with Gasteiger partial charge in [0.15, 0.2) is 5.95 Å². The highest BCUT2D eigenvalue weighted by molar-refractivity contribution is 7.89. The van der Waals surface area contributed by atoms with E-state index < -0.39 is 67.8 Å². The summed E-state index contributed by atoms with van der Waals surface area (Å²) in [5.41, 5.74) is 1.58. The number of amides is 2. The fourth-order valence-corrected chi connectivity index (χ4v) is 11.3. The minimum absolute atomic E-state index is 0.0128. The van der Waals surface area contributed by atoms with Crippen molar-refractivity contribution in [3.05, 3.63) is 107 Å². The van der Waals surface area contributed by atoms with Crippen LogP contribution in [0, 0.1) is 0 Å². The number of aromatic amines is 1. The van der Waals surface area contributed by atoms with Crippen LogP contribution < -0.4 is 30.8 Å². The van der Waals surface area contributed by atoms with E-state index in [1.54, 1.807) is 69.0 Å². The van der Waals surface area contributed by atoms with Crippen molar-refractivity contribution >= 4 is 72.6 Å². The number of aryl methyl sites for hydroxylation is 1. The summed E-state index contributed by atoms with van der Waals surface area (Å²) in [4.78, 5) is 99.8. The predicted octanol–water partition coefficient (Wildman–Crippen LogP) is -0.988. The van der Waals surface area contributed by atoms with Crippen LogP contribution in [0.25, 0.3) is 22.0 Å². The average Bonchev–Trinajstić information content (AvgIpc) is 1.29. The molecule has 1 aliphatic heterocycles. The van der Waals surface area contributed by atoms with Gasteiger partial charge >= 0.3 is 23.9 Å². The molecule has 87 heavy (non-hydrogen) atoms. The molecular formula is C55H74N12O18S2. The summed E-state index contributed by atoms with van der Waals surface area (Å²) in [6.07, 6.45) is 4.95. The monoisotopic (exact) mass is 1250 g/mol. The Kier molecular flexibility index (Phi) is 26.7. The van der Waals surface area contributed by atoms with Crippen molar-refractivity contribution < 1.29 is 80.2 Å². The van der Waals surface area contributed by atoms with Crippen molar-refractivity contribution in [1.29, 1.82) is 0 Å². The van der Waals surface area contributed by atoms with Crippen LogP contribution in [0.4, 0.5) is 5.95 Å².